The minimum atomic E-state index is -0.119. The average molecular weight is 405 g/mol. The molecule has 0 saturated carbocycles. The van der Waals surface area contributed by atoms with Crippen LogP contribution in [0, 0.1) is 0 Å². The van der Waals surface area contributed by atoms with Gasteiger partial charge in [0.1, 0.15) is 6.54 Å². The van der Waals surface area contributed by atoms with Crippen molar-refractivity contribution < 1.29 is 4.79 Å². The molecule has 1 unspecified atom stereocenters. The molecule has 3 rings (SSSR count). The van der Waals surface area contributed by atoms with E-state index in [1.807, 2.05) is 49.4 Å². The summed E-state index contributed by atoms with van der Waals surface area (Å²) in [4.78, 5) is 16.9. The van der Waals surface area contributed by atoms with E-state index in [4.69, 9.17) is 4.99 Å². The van der Waals surface area contributed by atoms with Crippen LogP contribution < -0.4 is 16.0 Å². The number of carbonyl (C=O) groups is 1. The fourth-order valence-corrected chi connectivity index (χ4v) is 3.01. The van der Waals surface area contributed by atoms with E-state index in [1.165, 1.54) is 5.56 Å². The van der Waals surface area contributed by atoms with Crippen molar-refractivity contribution in [2.75, 3.05) is 11.9 Å². The Labute approximate surface area is 177 Å². The number of rotatable bonds is 8. The zero-order chi connectivity index (χ0) is 21.2. The van der Waals surface area contributed by atoms with Crippen molar-refractivity contribution in [3.8, 4) is 0 Å². The molecular weight excluding hydrogens is 376 g/mol. The van der Waals surface area contributed by atoms with Gasteiger partial charge in [-0.25, -0.2) is 4.99 Å². The molecule has 0 aliphatic heterocycles. The molecule has 2 aromatic carbocycles. The molecule has 3 aromatic rings. The fourth-order valence-electron chi connectivity index (χ4n) is 3.01. The number of nitrogens with zero attached hydrogens (tertiary/aromatic N) is 3. The number of carbonyl (C=O) groups excluding carboxylic acids is 1. The van der Waals surface area contributed by atoms with Crippen LogP contribution in [0.1, 0.15) is 31.0 Å². The number of aliphatic imine (C=N–C) groups is 1. The van der Waals surface area contributed by atoms with Crippen LogP contribution in [-0.2, 0) is 17.9 Å². The molecule has 0 aliphatic carbocycles. The van der Waals surface area contributed by atoms with Crippen molar-refractivity contribution in [1.82, 2.24) is 20.4 Å². The third-order valence-corrected chi connectivity index (χ3v) is 4.49. The second-order valence-corrected chi connectivity index (χ2v) is 6.92. The molecular formula is C23H28N6O. The van der Waals surface area contributed by atoms with Crippen molar-refractivity contribution in [1.29, 1.82) is 0 Å². The minimum absolute atomic E-state index is 0.119. The first-order chi connectivity index (χ1) is 14.6. The van der Waals surface area contributed by atoms with E-state index < -0.39 is 0 Å². The number of aromatic nitrogens is 2. The summed E-state index contributed by atoms with van der Waals surface area (Å²) in [5.74, 6) is 0.632. The monoisotopic (exact) mass is 404 g/mol. The summed E-state index contributed by atoms with van der Waals surface area (Å²) in [6.07, 6.45) is 3.41. The first-order valence-electron chi connectivity index (χ1n) is 10.1. The molecule has 30 heavy (non-hydrogen) atoms. The minimum Gasteiger partial charge on any atom is -0.357 e. The maximum atomic E-state index is 12.2. The van der Waals surface area contributed by atoms with Crippen LogP contribution >= 0.6 is 0 Å². The van der Waals surface area contributed by atoms with E-state index in [1.54, 1.807) is 23.1 Å². The molecule has 1 aromatic heterocycles. The molecule has 0 radical (unpaired) electrons. The van der Waals surface area contributed by atoms with Gasteiger partial charge in [0.25, 0.3) is 0 Å². The van der Waals surface area contributed by atoms with E-state index >= 15 is 0 Å². The Morgan fingerprint density at radius 1 is 1.13 bits per heavy atom. The van der Waals surface area contributed by atoms with Crippen LogP contribution in [0.4, 0.5) is 5.69 Å². The fraction of sp³-hybridized carbons (Fsp3) is 0.261. The lowest BCUT2D eigenvalue weighted by Crippen LogP contribution is -2.38. The van der Waals surface area contributed by atoms with Crippen LogP contribution in [0.15, 0.2) is 78.0 Å². The van der Waals surface area contributed by atoms with Gasteiger partial charge in [-0.05, 0) is 43.2 Å². The van der Waals surface area contributed by atoms with Gasteiger partial charge in [0.05, 0.1) is 12.6 Å². The Morgan fingerprint density at radius 2 is 1.97 bits per heavy atom. The SMILES string of the molecule is CCNC(=NCc1cccc(NC(=O)Cn2cccn2)c1)NC(C)c1ccccc1. The van der Waals surface area contributed by atoms with E-state index in [2.05, 4.69) is 40.1 Å². The first-order valence-corrected chi connectivity index (χ1v) is 10.1. The quantitative estimate of drug-likeness (QED) is 0.397. The molecule has 7 nitrogen and oxygen atoms in total. The normalized spacial score (nSPS) is 12.3. The third kappa shape index (κ3) is 6.48. The number of guanidine groups is 1. The highest BCUT2D eigenvalue weighted by Crippen LogP contribution is 2.13. The number of nitrogens with one attached hydrogen (secondary N) is 3. The molecule has 156 valence electrons. The van der Waals surface area contributed by atoms with E-state index in [9.17, 15) is 4.79 Å². The van der Waals surface area contributed by atoms with Gasteiger partial charge in [0, 0.05) is 24.6 Å². The van der Waals surface area contributed by atoms with Gasteiger partial charge in [-0.15, -0.1) is 0 Å². The highest BCUT2D eigenvalue weighted by atomic mass is 16.2. The lowest BCUT2D eigenvalue weighted by atomic mass is 10.1. The summed E-state index contributed by atoms with van der Waals surface area (Å²) >= 11 is 0. The Kier molecular flexibility index (Phi) is 7.60. The second-order valence-electron chi connectivity index (χ2n) is 6.92. The van der Waals surface area contributed by atoms with Gasteiger partial charge in [-0.2, -0.15) is 5.10 Å². The molecule has 1 heterocycles. The maximum Gasteiger partial charge on any atom is 0.246 e. The van der Waals surface area contributed by atoms with Gasteiger partial charge in [-0.1, -0.05) is 42.5 Å². The summed E-state index contributed by atoms with van der Waals surface area (Å²) in [6.45, 7) is 5.61. The predicted octanol–water partition coefficient (Wildman–Crippen LogP) is 3.34. The van der Waals surface area contributed by atoms with Crippen LogP contribution in [0.25, 0.3) is 0 Å². The first kappa shape index (κ1) is 21.1. The summed E-state index contributed by atoms with van der Waals surface area (Å²) in [6, 6.07) is 19.9. The summed E-state index contributed by atoms with van der Waals surface area (Å²) in [5, 5.41) is 13.7. The van der Waals surface area contributed by atoms with Crippen molar-refractivity contribution in [3.63, 3.8) is 0 Å². The van der Waals surface area contributed by atoms with Gasteiger partial charge in [0.2, 0.25) is 5.91 Å². The van der Waals surface area contributed by atoms with Crippen LogP contribution in [0.5, 0.6) is 0 Å². The molecule has 0 spiro atoms. The predicted molar refractivity (Wildman–Crippen MR) is 120 cm³/mol. The van der Waals surface area contributed by atoms with E-state index in [0.29, 0.717) is 6.54 Å². The molecule has 3 N–H and O–H groups in total. The van der Waals surface area contributed by atoms with Gasteiger partial charge >= 0.3 is 0 Å². The standard InChI is InChI=1S/C23H28N6O/c1-3-24-23(27-18(2)20-10-5-4-6-11-20)25-16-19-9-7-12-21(15-19)28-22(30)17-29-14-8-13-26-29/h4-15,18H,3,16-17H2,1-2H3,(H,28,30)(H2,24,25,27). The Morgan fingerprint density at radius 3 is 2.70 bits per heavy atom. The van der Waals surface area contributed by atoms with Crippen molar-refractivity contribution in [3.05, 3.63) is 84.2 Å². The summed E-state index contributed by atoms with van der Waals surface area (Å²) < 4.78 is 1.59. The molecule has 1 atom stereocenters. The average Bonchev–Trinajstić information content (AvgIpc) is 3.26. The van der Waals surface area contributed by atoms with Gasteiger partial charge < -0.3 is 16.0 Å². The number of benzene rings is 2. The molecule has 1 amide bonds. The molecule has 0 fully saturated rings. The number of amides is 1. The van der Waals surface area contributed by atoms with Crippen molar-refractivity contribution in [2.24, 2.45) is 4.99 Å². The van der Waals surface area contributed by atoms with Gasteiger partial charge in [0.15, 0.2) is 5.96 Å². The van der Waals surface area contributed by atoms with Crippen molar-refractivity contribution >= 4 is 17.6 Å². The van der Waals surface area contributed by atoms with Gasteiger partial charge in [-0.3, -0.25) is 9.48 Å². The lowest BCUT2D eigenvalue weighted by molar-refractivity contribution is -0.116. The lowest BCUT2D eigenvalue weighted by Gasteiger charge is -2.18. The zero-order valence-electron chi connectivity index (χ0n) is 17.4. The van der Waals surface area contributed by atoms with E-state index in [0.717, 1.165) is 23.8 Å². The maximum absolute atomic E-state index is 12.2. The van der Waals surface area contributed by atoms with Crippen LogP contribution in [0.2, 0.25) is 0 Å². The van der Waals surface area contributed by atoms with Crippen molar-refractivity contribution in [2.45, 2.75) is 33.0 Å². The Bertz CT molecular complexity index is 953. The number of hydrogen-bond acceptors (Lipinski definition) is 3. The third-order valence-electron chi connectivity index (χ3n) is 4.49. The Hall–Kier alpha value is -3.61. The highest BCUT2D eigenvalue weighted by molar-refractivity contribution is 5.90. The summed E-state index contributed by atoms with van der Waals surface area (Å²) in [7, 11) is 0. The molecule has 0 aliphatic rings. The topological polar surface area (TPSA) is 83.3 Å². The largest absolute Gasteiger partial charge is 0.357 e. The number of anilines is 1. The smallest absolute Gasteiger partial charge is 0.246 e. The van der Waals surface area contributed by atoms with Crippen LogP contribution in [-0.4, -0.2) is 28.2 Å². The number of hydrogen-bond donors (Lipinski definition) is 3. The Balaban J connectivity index is 1.61. The second kappa shape index (κ2) is 10.8. The van der Waals surface area contributed by atoms with E-state index in [-0.39, 0.29) is 18.5 Å². The zero-order valence-corrected chi connectivity index (χ0v) is 17.4. The summed E-state index contributed by atoms with van der Waals surface area (Å²) in [5.41, 5.74) is 2.96. The van der Waals surface area contributed by atoms with Crippen LogP contribution in [0.3, 0.4) is 0 Å². The molecule has 7 heteroatoms. The highest BCUT2D eigenvalue weighted by Gasteiger charge is 2.08. The molecule has 0 bridgehead atoms. The molecule has 0 saturated heterocycles.